The van der Waals surface area contributed by atoms with Crippen LogP contribution < -0.4 is 15.0 Å². The lowest BCUT2D eigenvalue weighted by Crippen LogP contribution is -2.30. The summed E-state index contributed by atoms with van der Waals surface area (Å²) in [5.41, 5.74) is 3.48. The van der Waals surface area contributed by atoms with Crippen LogP contribution in [-0.4, -0.2) is 14.7 Å². The molecule has 0 radical (unpaired) electrons. The summed E-state index contributed by atoms with van der Waals surface area (Å²) in [6.07, 6.45) is 3.72. The molecule has 5 nitrogen and oxygen atoms in total. The Labute approximate surface area is 219 Å². The number of thiocarbonyl (C=S) groups is 1. The number of rotatable bonds is 6. The normalized spacial score (nSPS) is 17.0. The van der Waals surface area contributed by atoms with Crippen molar-refractivity contribution < 1.29 is 9.13 Å². The van der Waals surface area contributed by atoms with E-state index in [2.05, 4.69) is 15.2 Å². The number of nitrogens with zero attached hydrogens (tertiary/aromatic N) is 3. The number of pyridine rings is 1. The Morgan fingerprint density at radius 1 is 0.784 bits per heavy atom. The van der Waals surface area contributed by atoms with Crippen LogP contribution in [0.2, 0.25) is 0 Å². The lowest BCUT2D eigenvalue weighted by atomic mass is 10.0. The Kier molecular flexibility index (Phi) is 6.12. The Morgan fingerprint density at radius 2 is 1.57 bits per heavy atom. The third-order valence-corrected chi connectivity index (χ3v) is 6.68. The molecule has 6 rings (SSSR count). The molecule has 1 saturated heterocycles. The molecule has 1 aliphatic heterocycles. The molecule has 7 heteroatoms. The van der Waals surface area contributed by atoms with Gasteiger partial charge < -0.3 is 19.5 Å². The van der Waals surface area contributed by atoms with E-state index in [1.807, 2.05) is 102 Å². The minimum atomic E-state index is -0.288. The quantitative estimate of drug-likeness (QED) is 0.252. The molecule has 0 amide bonds. The fourth-order valence-corrected chi connectivity index (χ4v) is 5.08. The second-order valence-electron chi connectivity index (χ2n) is 8.69. The van der Waals surface area contributed by atoms with Gasteiger partial charge in [-0.3, -0.25) is 4.98 Å². The second kappa shape index (κ2) is 9.87. The van der Waals surface area contributed by atoms with Crippen LogP contribution in [0.1, 0.15) is 23.5 Å². The zero-order chi connectivity index (χ0) is 25.2. The number of para-hydroxylation sites is 1. The van der Waals surface area contributed by atoms with E-state index in [0.29, 0.717) is 5.11 Å². The van der Waals surface area contributed by atoms with Crippen molar-refractivity contribution in [3.63, 3.8) is 0 Å². The SMILES string of the molecule is Fc1cccc(-n2cccc2[C@@H]2[C@H](c3ccccn3)NC(=S)N2c2ccc(Oc3ccccc3)cc2)c1. The van der Waals surface area contributed by atoms with Gasteiger partial charge in [0.15, 0.2) is 5.11 Å². The van der Waals surface area contributed by atoms with Crippen LogP contribution in [0.5, 0.6) is 11.5 Å². The van der Waals surface area contributed by atoms with E-state index in [1.54, 1.807) is 12.3 Å². The molecule has 3 heterocycles. The molecule has 1 aliphatic rings. The van der Waals surface area contributed by atoms with E-state index in [-0.39, 0.29) is 17.9 Å². The van der Waals surface area contributed by atoms with Crippen molar-refractivity contribution in [2.24, 2.45) is 0 Å². The molecule has 37 heavy (non-hydrogen) atoms. The summed E-state index contributed by atoms with van der Waals surface area (Å²) in [6.45, 7) is 0. The lowest BCUT2D eigenvalue weighted by molar-refractivity contribution is 0.482. The molecule has 0 bridgehead atoms. The van der Waals surface area contributed by atoms with Gasteiger partial charge >= 0.3 is 0 Å². The minimum absolute atomic E-state index is 0.212. The van der Waals surface area contributed by atoms with Crippen LogP contribution in [-0.2, 0) is 0 Å². The monoisotopic (exact) mass is 506 g/mol. The number of aromatic nitrogens is 2. The topological polar surface area (TPSA) is 42.3 Å². The van der Waals surface area contributed by atoms with Gasteiger partial charge in [0.1, 0.15) is 23.4 Å². The highest BCUT2D eigenvalue weighted by atomic mass is 32.1. The van der Waals surface area contributed by atoms with Gasteiger partial charge in [-0.05, 0) is 91.1 Å². The summed E-state index contributed by atoms with van der Waals surface area (Å²) in [7, 11) is 0. The third kappa shape index (κ3) is 4.57. The Balaban J connectivity index is 1.41. The maximum Gasteiger partial charge on any atom is 0.174 e. The fraction of sp³-hybridized carbons (Fsp3) is 0.0667. The number of ether oxygens (including phenoxy) is 1. The number of hydrogen-bond acceptors (Lipinski definition) is 3. The molecule has 0 unspecified atom stereocenters. The highest BCUT2D eigenvalue weighted by Gasteiger charge is 2.42. The molecule has 1 fully saturated rings. The Morgan fingerprint density at radius 3 is 2.32 bits per heavy atom. The number of anilines is 1. The van der Waals surface area contributed by atoms with E-state index >= 15 is 0 Å². The Bertz CT molecular complexity index is 1520. The smallest absolute Gasteiger partial charge is 0.174 e. The van der Waals surface area contributed by atoms with Crippen molar-refractivity contribution in [1.29, 1.82) is 0 Å². The molecule has 0 spiro atoms. The minimum Gasteiger partial charge on any atom is -0.457 e. The van der Waals surface area contributed by atoms with Gasteiger partial charge in [-0.2, -0.15) is 0 Å². The number of hydrogen-bond donors (Lipinski definition) is 1. The van der Waals surface area contributed by atoms with Gasteiger partial charge in [0.05, 0.1) is 11.7 Å². The molecule has 1 N–H and O–H groups in total. The first-order valence-corrected chi connectivity index (χ1v) is 12.3. The zero-order valence-corrected chi connectivity index (χ0v) is 20.6. The Hall–Kier alpha value is -4.49. The van der Waals surface area contributed by atoms with Crippen molar-refractivity contribution in [1.82, 2.24) is 14.9 Å². The molecule has 3 aromatic carbocycles. The highest BCUT2D eigenvalue weighted by molar-refractivity contribution is 7.80. The number of benzene rings is 3. The van der Waals surface area contributed by atoms with E-state index in [0.717, 1.165) is 34.3 Å². The summed E-state index contributed by atoms with van der Waals surface area (Å²) in [5, 5.41) is 4.07. The first-order chi connectivity index (χ1) is 18.2. The summed E-state index contributed by atoms with van der Waals surface area (Å²) in [4.78, 5) is 6.71. The molecule has 182 valence electrons. The van der Waals surface area contributed by atoms with Crippen LogP contribution in [0.15, 0.2) is 122 Å². The van der Waals surface area contributed by atoms with E-state index in [4.69, 9.17) is 17.0 Å². The predicted octanol–water partition coefficient (Wildman–Crippen LogP) is 6.98. The predicted molar refractivity (Wildman–Crippen MR) is 147 cm³/mol. The summed E-state index contributed by atoms with van der Waals surface area (Å²) in [6, 6.07) is 33.5. The van der Waals surface area contributed by atoms with E-state index in [1.165, 1.54) is 12.1 Å². The number of halogens is 1. The standard InChI is InChI=1S/C30H23FN4OS/c31-21-8-6-9-23(20-21)34-19-7-13-27(34)29-28(26-12-4-5-18-32-26)33-30(37)35(29)22-14-16-25(17-15-22)36-24-10-2-1-3-11-24/h1-20,28-29H,(H,33,37)/t28-,29+/m0/s1. The van der Waals surface area contributed by atoms with Gasteiger partial charge in [0.2, 0.25) is 0 Å². The molecule has 2 aromatic heterocycles. The van der Waals surface area contributed by atoms with Crippen LogP contribution in [0.3, 0.4) is 0 Å². The van der Waals surface area contributed by atoms with Crippen molar-refractivity contribution in [3.05, 3.63) is 139 Å². The summed E-state index contributed by atoms with van der Waals surface area (Å²) < 4.78 is 22.1. The fourth-order valence-electron chi connectivity index (χ4n) is 4.73. The van der Waals surface area contributed by atoms with Crippen molar-refractivity contribution in [2.45, 2.75) is 12.1 Å². The molecular formula is C30H23FN4OS. The van der Waals surface area contributed by atoms with Gasteiger partial charge in [0, 0.05) is 29.5 Å². The van der Waals surface area contributed by atoms with Crippen LogP contribution in [0.25, 0.3) is 5.69 Å². The van der Waals surface area contributed by atoms with Crippen LogP contribution >= 0.6 is 12.2 Å². The van der Waals surface area contributed by atoms with E-state index < -0.39 is 0 Å². The van der Waals surface area contributed by atoms with E-state index in [9.17, 15) is 4.39 Å². The molecule has 0 aliphatic carbocycles. The number of nitrogens with one attached hydrogen (secondary N) is 1. The zero-order valence-electron chi connectivity index (χ0n) is 19.7. The lowest BCUT2D eigenvalue weighted by Gasteiger charge is -2.29. The second-order valence-corrected chi connectivity index (χ2v) is 9.08. The maximum absolute atomic E-state index is 14.1. The van der Waals surface area contributed by atoms with Crippen molar-refractivity contribution >= 4 is 23.0 Å². The molecule has 0 saturated carbocycles. The average Bonchev–Trinajstić information content (AvgIpc) is 3.55. The largest absolute Gasteiger partial charge is 0.457 e. The van der Waals surface area contributed by atoms with Crippen LogP contribution in [0.4, 0.5) is 10.1 Å². The summed E-state index contributed by atoms with van der Waals surface area (Å²) >= 11 is 5.86. The van der Waals surface area contributed by atoms with Gasteiger partial charge in [-0.1, -0.05) is 30.3 Å². The van der Waals surface area contributed by atoms with Crippen molar-refractivity contribution in [2.75, 3.05) is 4.90 Å². The van der Waals surface area contributed by atoms with Gasteiger partial charge in [-0.15, -0.1) is 0 Å². The maximum atomic E-state index is 14.1. The third-order valence-electron chi connectivity index (χ3n) is 6.36. The molecular weight excluding hydrogens is 483 g/mol. The molecule has 5 aromatic rings. The van der Waals surface area contributed by atoms with Gasteiger partial charge in [0.25, 0.3) is 0 Å². The molecule has 2 atom stereocenters. The van der Waals surface area contributed by atoms with Crippen molar-refractivity contribution in [3.8, 4) is 17.2 Å². The summed E-state index contributed by atoms with van der Waals surface area (Å²) in [5.74, 6) is 1.22. The van der Waals surface area contributed by atoms with Crippen LogP contribution in [0, 0.1) is 5.82 Å². The van der Waals surface area contributed by atoms with Gasteiger partial charge in [-0.25, -0.2) is 4.39 Å². The first-order valence-electron chi connectivity index (χ1n) is 11.9. The average molecular weight is 507 g/mol. The highest BCUT2D eigenvalue weighted by Crippen LogP contribution is 2.42. The first kappa shape index (κ1) is 22.9.